The van der Waals surface area contributed by atoms with Crippen LogP contribution in [0, 0.1) is 0 Å². The van der Waals surface area contributed by atoms with Crippen molar-refractivity contribution in [3.05, 3.63) is 77.9 Å². The third-order valence-corrected chi connectivity index (χ3v) is 5.39. The summed E-state index contributed by atoms with van der Waals surface area (Å²) >= 11 is 0. The standard InChI is InChI=1S/C22H25N3O/c1-24-12-14-25(15-13-24)23-20-16-21(18-8-4-2-5-9-18)22(26,17-20)19-10-6-3-7-11-19/h2-11,16,26H,12-15,17H2,1H3/p+1/b23-20+/t22-/m1/s1. The zero-order valence-corrected chi connectivity index (χ0v) is 15.2. The Labute approximate surface area is 155 Å². The van der Waals surface area contributed by atoms with Gasteiger partial charge < -0.3 is 10.0 Å². The van der Waals surface area contributed by atoms with E-state index in [2.05, 4.69) is 30.3 Å². The number of nitrogens with zero attached hydrogens (tertiary/aromatic N) is 2. The number of quaternary nitrogens is 1. The molecular formula is C22H26N3O+. The van der Waals surface area contributed by atoms with E-state index in [1.807, 2.05) is 48.5 Å². The Morgan fingerprint density at radius 2 is 1.58 bits per heavy atom. The van der Waals surface area contributed by atoms with Crippen LogP contribution in [0.15, 0.2) is 71.8 Å². The van der Waals surface area contributed by atoms with E-state index >= 15 is 0 Å². The lowest BCUT2D eigenvalue weighted by atomic mass is 9.84. The predicted octanol–water partition coefficient (Wildman–Crippen LogP) is 1.55. The molecule has 4 heteroatoms. The zero-order chi connectivity index (χ0) is 18.0. The molecule has 0 bridgehead atoms. The highest BCUT2D eigenvalue weighted by molar-refractivity contribution is 6.08. The summed E-state index contributed by atoms with van der Waals surface area (Å²) < 4.78 is 0. The van der Waals surface area contributed by atoms with Crippen molar-refractivity contribution < 1.29 is 10.0 Å². The summed E-state index contributed by atoms with van der Waals surface area (Å²) in [5.41, 5.74) is 2.83. The second-order valence-electron chi connectivity index (χ2n) is 7.33. The molecule has 2 aliphatic rings. The average Bonchev–Trinajstić information content (AvgIpc) is 3.02. The number of aliphatic hydroxyl groups is 1. The Morgan fingerprint density at radius 1 is 0.962 bits per heavy atom. The minimum Gasteiger partial charge on any atom is -0.380 e. The van der Waals surface area contributed by atoms with Crippen molar-refractivity contribution in [1.29, 1.82) is 0 Å². The molecule has 134 valence electrons. The van der Waals surface area contributed by atoms with E-state index in [4.69, 9.17) is 5.10 Å². The summed E-state index contributed by atoms with van der Waals surface area (Å²) in [6.07, 6.45) is 2.59. The molecule has 0 unspecified atom stereocenters. The smallest absolute Gasteiger partial charge is 0.121 e. The van der Waals surface area contributed by atoms with Gasteiger partial charge in [0.05, 0.1) is 38.9 Å². The molecule has 0 radical (unpaired) electrons. The van der Waals surface area contributed by atoms with Crippen LogP contribution in [-0.2, 0) is 5.60 Å². The predicted molar refractivity (Wildman–Crippen MR) is 105 cm³/mol. The first-order valence-electron chi connectivity index (χ1n) is 9.34. The molecule has 4 rings (SSSR count). The normalized spacial score (nSPS) is 25.5. The van der Waals surface area contributed by atoms with Crippen LogP contribution in [0.1, 0.15) is 17.5 Å². The van der Waals surface area contributed by atoms with E-state index in [-0.39, 0.29) is 0 Å². The van der Waals surface area contributed by atoms with Crippen molar-refractivity contribution in [3.63, 3.8) is 0 Å². The van der Waals surface area contributed by atoms with Gasteiger partial charge in [-0.05, 0) is 22.8 Å². The Morgan fingerprint density at radius 3 is 2.23 bits per heavy atom. The molecule has 0 saturated carbocycles. The highest BCUT2D eigenvalue weighted by Gasteiger charge is 2.40. The fraction of sp³-hybridized carbons (Fsp3) is 0.318. The average molecular weight is 348 g/mol. The van der Waals surface area contributed by atoms with Gasteiger partial charge in [0, 0.05) is 6.42 Å². The maximum absolute atomic E-state index is 11.6. The number of rotatable bonds is 3. The molecule has 4 nitrogen and oxygen atoms in total. The van der Waals surface area contributed by atoms with Crippen molar-refractivity contribution in [1.82, 2.24) is 5.01 Å². The highest BCUT2D eigenvalue weighted by atomic mass is 16.3. The highest BCUT2D eigenvalue weighted by Crippen LogP contribution is 2.44. The molecule has 26 heavy (non-hydrogen) atoms. The quantitative estimate of drug-likeness (QED) is 0.884. The van der Waals surface area contributed by atoms with Crippen LogP contribution in [0.4, 0.5) is 0 Å². The second-order valence-corrected chi connectivity index (χ2v) is 7.33. The molecule has 1 atom stereocenters. The van der Waals surface area contributed by atoms with Crippen molar-refractivity contribution >= 4 is 11.3 Å². The lowest BCUT2D eigenvalue weighted by Crippen LogP contribution is -3.11. The van der Waals surface area contributed by atoms with Crippen LogP contribution in [0.5, 0.6) is 0 Å². The first-order valence-corrected chi connectivity index (χ1v) is 9.34. The number of hydrogen-bond donors (Lipinski definition) is 2. The molecule has 1 fully saturated rings. The van der Waals surface area contributed by atoms with E-state index in [9.17, 15) is 5.11 Å². The summed E-state index contributed by atoms with van der Waals surface area (Å²) in [5, 5.41) is 18.7. The maximum Gasteiger partial charge on any atom is 0.121 e. The van der Waals surface area contributed by atoms with Crippen molar-refractivity contribution in [2.24, 2.45) is 5.10 Å². The molecular weight excluding hydrogens is 322 g/mol. The molecule has 2 aromatic rings. The van der Waals surface area contributed by atoms with Gasteiger partial charge >= 0.3 is 0 Å². The first kappa shape index (κ1) is 17.0. The minimum absolute atomic E-state index is 0.514. The van der Waals surface area contributed by atoms with E-state index in [0.717, 1.165) is 48.6 Å². The third-order valence-electron chi connectivity index (χ3n) is 5.39. The fourth-order valence-corrected chi connectivity index (χ4v) is 3.83. The van der Waals surface area contributed by atoms with E-state index in [0.29, 0.717) is 6.42 Å². The van der Waals surface area contributed by atoms with Crippen LogP contribution in [0.3, 0.4) is 0 Å². The molecule has 0 amide bonds. The molecule has 2 aromatic carbocycles. The Balaban J connectivity index is 1.70. The van der Waals surface area contributed by atoms with Crippen molar-refractivity contribution in [2.45, 2.75) is 12.0 Å². The van der Waals surface area contributed by atoms with Crippen molar-refractivity contribution in [3.8, 4) is 0 Å². The SMILES string of the molecule is C[NH+]1CCN(/N=C2\C=C(c3ccccc3)[C@](O)(c3ccccc3)C2)CC1. The minimum atomic E-state index is -1.03. The Bertz CT molecular complexity index is 808. The molecule has 0 aromatic heterocycles. The summed E-state index contributed by atoms with van der Waals surface area (Å²) in [5.74, 6) is 0. The van der Waals surface area contributed by atoms with Gasteiger partial charge in [-0.1, -0.05) is 60.7 Å². The number of piperazine rings is 1. The summed E-state index contributed by atoms with van der Waals surface area (Å²) in [6, 6.07) is 20.1. The van der Waals surface area contributed by atoms with Crippen LogP contribution >= 0.6 is 0 Å². The number of likely N-dealkylation sites (N-methyl/N-ethyl adjacent to an activating group) is 1. The van der Waals surface area contributed by atoms with Gasteiger partial charge in [0.1, 0.15) is 5.60 Å². The summed E-state index contributed by atoms with van der Waals surface area (Å²) in [6.45, 7) is 4.14. The number of nitrogens with one attached hydrogen (secondary N) is 1. The zero-order valence-electron chi connectivity index (χ0n) is 15.2. The van der Waals surface area contributed by atoms with Crippen LogP contribution < -0.4 is 4.90 Å². The molecule has 1 aliphatic heterocycles. The van der Waals surface area contributed by atoms with Gasteiger partial charge in [0.2, 0.25) is 0 Å². The van der Waals surface area contributed by atoms with Crippen LogP contribution in [0.25, 0.3) is 5.57 Å². The van der Waals surface area contributed by atoms with Gasteiger partial charge in [0.15, 0.2) is 0 Å². The Kier molecular flexibility index (Phi) is 4.62. The molecule has 1 heterocycles. The number of allylic oxidation sites excluding steroid dienone is 1. The topological polar surface area (TPSA) is 40.3 Å². The van der Waals surface area contributed by atoms with Gasteiger partial charge in [-0.2, -0.15) is 5.10 Å². The van der Waals surface area contributed by atoms with Crippen LogP contribution in [-0.4, -0.2) is 49.1 Å². The van der Waals surface area contributed by atoms with Gasteiger partial charge in [-0.25, -0.2) is 0 Å². The molecule has 1 saturated heterocycles. The Hall–Kier alpha value is -2.43. The van der Waals surface area contributed by atoms with Crippen molar-refractivity contribution in [2.75, 3.05) is 33.2 Å². The second kappa shape index (κ2) is 7.06. The number of hydrazone groups is 1. The van der Waals surface area contributed by atoms with E-state index < -0.39 is 5.60 Å². The first-order chi connectivity index (χ1) is 12.6. The monoisotopic (exact) mass is 348 g/mol. The van der Waals surface area contributed by atoms with Gasteiger partial charge in [0.25, 0.3) is 0 Å². The maximum atomic E-state index is 11.6. The molecule has 2 N–H and O–H groups in total. The third kappa shape index (κ3) is 3.30. The fourth-order valence-electron chi connectivity index (χ4n) is 3.83. The summed E-state index contributed by atoms with van der Waals surface area (Å²) in [7, 11) is 2.22. The van der Waals surface area contributed by atoms with Gasteiger partial charge in [-0.3, -0.25) is 5.01 Å². The lowest BCUT2D eigenvalue weighted by Gasteiger charge is -2.29. The lowest BCUT2D eigenvalue weighted by molar-refractivity contribution is -0.884. The summed E-state index contributed by atoms with van der Waals surface area (Å²) in [4.78, 5) is 1.55. The van der Waals surface area contributed by atoms with Crippen LogP contribution in [0.2, 0.25) is 0 Å². The van der Waals surface area contributed by atoms with E-state index in [1.54, 1.807) is 4.90 Å². The largest absolute Gasteiger partial charge is 0.380 e. The van der Waals surface area contributed by atoms with Gasteiger partial charge in [-0.15, -0.1) is 0 Å². The molecule has 0 spiro atoms. The van der Waals surface area contributed by atoms with E-state index in [1.165, 1.54) is 0 Å². The number of benzene rings is 2. The number of hydrogen-bond acceptors (Lipinski definition) is 3. The molecule has 1 aliphatic carbocycles.